The number of alkyl carbamates (subject to hydrolysis) is 1. The molecular formula is C18H25BrFNO3. The van der Waals surface area contributed by atoms with E-state index in [0.29, 0.717) is 10.0 Å². The van der Waals surface area contributed by atoms with Gasteiger partial charge in [0, 0.05) is 10.0 Å². The highest BCUT2D eigenvalue weighted by Gasteiger charge is 2.29. The molecule has 24 heavy (non-hydrogen) atoms. The first-order chi connectivity index (χ1) is 11.2. The lowest BCUT2D eigenvalue weighted by Gasteiger charge is -2.32. The van der Waals surface area contributed by atoms with Crippen molar-refractivity contribution in [2.45, 2.75) is 70.8 Å². The molecule has 0 radical (unpaired) electrons. The molecule has 1 aliphatic rings. The summed E-state index contributed by atoms with van der Waals surface area (Å²) in [6.45, 7) is 5.68. The Bertz CT molecular complexity index is 574. The first-order valence-electron chi connectivity index (χ1n) is 8.29. The Labute approximate surface area is 151 Å². The largest absolute Gasteiger partial charge is 0.444 e. The van der Waals surface area contributed by atoms with Gasteiger partial charge in [-0.15, -0.1) is 0 Å². The number of hydrogen-bond acceptors (Lipinski definition) is 3. The maximum Gasteiger partial charge on any atom is 0.407 e. The molecule has 1 N–H and O–H groups in total. The van der Waals surface area contributed by atoms with Gasteiger partial charge in [0.2, 0.25) is 0 Å². The minimum Gasteiger partial charge on any atom is -0.444 e. The van der Waals surface area contributed by atoms with Crippen LogP contribution in [-0.4, -0.2) is 23.8 Å². The standard InChI is InChI=1S/C18H25BrFNO3/c1-18(2,3)24-17(22)21-15-6-4-5-7-16(15)23-11-12-8-9-13(19)10-14(12)20/h8-10,15-16H,4-7,11H2,1-3H3,(H,21,22)/t15-,16-/m0/s1. The Balaban J connectivity index is 1.92. The van der Waals surface area contributed by atoms with E-state index in [4.69, 9.17) is 9.47 Å². The van der Waals surface area contributed by atoms with Gasteiger partial charge in [-0.3, -0.25) is 0 Å². The second kappa shape index (κ2) is 8.30. The maximum absolute atomic E-state index is 13.9. The summed E-state index contributed by atoms with van der Waals surface area (Å²) < 4.78 is 25.8. The number of benzene rings is 1. The highest BCUT2D eigenvalue weighted by atomic mass is 79.9. The van der Waals surface area contributed by atoms with E-state index >= 15 is 0 Å². The zero-order chi connectivity index (χ0) is 17.7. The Morgan fingerprint density at radius 1 is 1.33 bits per heavy atom. The number of carbonyl (C=O) groups excluding carboxylic acids is 1. The highest BCUT2D eigenvalue weighted by molar-refractivity contribution is 9.10. The van der Waals surface area contributed by atoms with E-state index in [1.165, 1.54) is 6.07 Å². The summed E-state index contributed by atoms with van der Waals surface area (Å²) in [5.74, 6) is -0.295. The molecule has 6 heteroatoms. The van der Waals surface area contributed by atoms with Crippen LogP contribution in [0.3, 0.4) is 0 Å². The Hall–Kier alpha value is -1.14. The van der Waals surface area contributed by atoms with Gasteiger partial charge in [0.05, 0.1) is 18.8 Å². The van der Waals surface area contributed by atoms with Crippen molar-refractivity contribution < 1.29 is 18.7 Å². The SMILES string of the molecule is CC(C)(C)OC(=O)N[C@H]1CCCC[C@@H]1OCc1ccc(Br)cc1F. The molecule has 2 atom stereocenters. The van der Waals surface area contributed by atoms with Crippen molar-refractivity contribution in [2.24, 2.45) is 0 Å². The summed E-state index contributed by atoms with van der Waals surface area (Å²) in [5.41, 5.74) is -0.0184. The van der Waals surface area contributed by atoms with Crippen molar-refractivity contribution in [3.63, 3.8) is 0 Å². The first-order valence-corrected chi connectivity index (χ1v) is 9.09. The molecule has 4 nitrogen and oxygen atoms in total. The van der Waals surface area contributed by atoms with Crippen molar-refractivity contribution in [1.82, 2.24) is 5.32 Å². The van der Waals surface area contributed by atoms with Gasteiger partial charge in [0.15, 0.2) is 0 Å². The molecule has 1 fully saturated rings. The molecule has 134 valence electrons. The van der Waals surface area contributed by atoms with Gasteiger partial charge in [0.25, 0.3) is 0 Å². The van der Waals surface area contributed by atoms with Crippen LogP contribution in [0.25, 0.3) is 0 Å². The average Bonchev–Trinajstić information content (AvgIpc) is 2.46. The van der Waals surface area contributed by atoms with Gasteiger partial charge in [-0.2, -0.15) is 0 Å². The normalized spacial score (nSPS) is 21.4. The van der Waals surface area contributed by atoms with Gasteiger partial charge in [-0.05, 0) is 45.7 Å². The molecule has 2 rings (SSSR count). The molecule has 0 spiro atoms. The molecule has 1 saturated carbocycles. The molecule has 1 aliphatic carbocycles. The second-order valence-electron chi connectivity index (χ2n) is 7.12. The zero-order valence-corrected chi connectivity index (χ0v) is 16.0. The summed E-state index contributed by atoms with van der Waals surface area (Å²) >= 11 is 3.24. The number of halogens is 2. The van der Waals surface area contributed by atoms with E-state index in [1.54, 1.807) is 12.1 Å². The molecule has 1 aromatic rings. The fourth-order valence-electron chi connectivity index (χ4n) is 2.76. The van der Waals surface area contributed by atoms with Crippen LogP contribution in [0.4, 0.5) is 9.18 Å². The van der Waals surface area contributed by atoms with Gasteiger partial charge in [0.1, 0.15) is 11.4 Å². The third-order valence-electron chi connectivity index (χ3n) is 3.87. The molecule has 0 saturated heterocycles. The lowest BCUT2D eigenvalue weighted by molar-refractivity contribution is -0.0122. The molecule has 0 bridgehead atoms. The smallest absolute Gasteiger partial charge is 0.407 e. The third-order valence-corrected chi connectivity index (χ3v) is 4.37. The fourth-order valence-corrected chi connectivity index (χ4v) is 3.09. The number of rotatable bonds is 4. The summed E-state index contributed by atoms with van der Waals surface area (Å²) in [7, 11) is 0. The number of amides is 1. The summed E-state index contributed by atoms with van der Waals surface area (Å²) in [5, 5.41) is 2.90. The molecule has 0 aliphatic heterocycles. The van der Waals surface area contributed by atoms with E-state index < -0.39 is 11.7 Å². The summed E-state index contributed by atoms with van der Waals surface area (Å²) in [6, 6.07) is 4.82. The van der Waals surface area contributed by atoms with Crippen LogP contribution in [0.15, 0.2) is 22.7 Å². The third kappa shape index (κ3) is 6.06. The van der Waals surface area contributed by atoms with E-state index in [2.05, 4.69) is 21.2 Å². The van der Waals surface area contributed by atoms with Crippen LogP contribution in [0.1, 0.15) is 52.0 Å². The van der Waals surface area contributed by atoms with Crippen LogP contribution < -0.4 is 5.32 Å². The molecule has 1 amide bonds. The average molecular weight is 402 g/mol. The molecular weight excluding hydrogens is 377 g/mol. The number of hydrogen-bond donors (Lipinski definition) is 1. The molecule has 0 unspecified atom stereocenters. The van der Waals surface area contributed by atoms with Crippen LogP contribution in [0.2, 0.25) is 0 Å². The van der Waals surface area contributed by atoms with Crippen LogP contribution in [0.5, 0.6) is 0 Å². The van der Waals surface area contributed by atoms with Crippen molar-refractivity contribution in [2.75, 3.05) is 0 Å². The van der Waals surface area contributed by atoms with E-state index in [-0.39, 0.29) is 24.6 Å². The predicted molar refractivity (Wildman–Crippen MR) is 94.3 cm³/mol. The summed E-state index contributed by atoms with van der Waals surface area (Å²) in [6.07, 6.45) is 3.20. The van der Waals surface area contributed by atoms with Gasteiger partial charge < -0.3 is 14.8 Å². The highest BCUT2D eigenvalue weighted by Crippen LogP contribution is 2.24. The Kier molecular flexibility index (Phi) is 6.63. The second-order valence-corrected chi connectivity index (χ2v) is 8.04. The number of carbonyl (C=O) groups is 1. The number of nitrogens with one attached hydrogen (secondary N) is 1. The van der Waals surface area contributed by atoms with Crippen LogP contribution in [0, 0.1) is 5.82 Å². The van der Waals surface area contributed by atoms with Gasteiger partial charge in [-0.1, -0.05) is 34.8 Å². The zero-order valence-electron chi connectivity index (χ0n) is 14.4. The van der Waals surface area contributed by atoms with Crippen molar-refractivity contribution in [3.8, 4) is 0 Å². The van der Waals surface area contributed by atoms with E-state index in [9.17, 15) is 9.18 Å². The van der Waals surface area contributed by atoms with Gasteiger partial charge in [-0.25, -0.2) is 9.18 Å². The minimum absolute atomic E-state index is 0.105. The van der Waals surface area contributed by atoms with Crippen LogP contribution in [-0.2, 0) is 16.1 Å². The molecule has 0 heterocycles. The maximum atomic E-state index is 13.9. The van der Waals surface area contributed by atoms with E-state index in [1.807, 2.05) is 20.8 Å². The number of ether oxygens (including phenoxy) is 2. The fraction of sp³-hybridized carbons (Fsp3) is 0.611. The van der Waals surface area contributed by atoms with Crippen molar-refractivity contribution in [1.29, 1.82) is 0 Å². The Morgan fingerprint density at radius 2 is 2.04 bits per heavy atom. The lowest BCUT2D eigenvalue weighted by Crippen LogP contribution is -2.47. The lowest BCUT2D eigenvalue weighted by atomic mass is 9.92. The van der Waals surface area contributed by atoms with Gasteiger partial charge >= 0.3 is 6.09 Å². The van der Waals surface area contributed by atoms with Crippen LogP contribution >= 0.6 is 15.9 Å². The van der Waals surface area contributed by atoms with Crippen molar-refractivity contribution in [3.05, 3.63) is 34.1 Å². The first kappa shape index (κ1) is 19.2. The minimum atomic E-state index is -0.532. The van der Waals surface area contributed by atoms with Crippen molar-refractivity contribution >= 4 is 22.0 Å². The Morgan fingerprint density at radius 3 is 2.71 bits per heavy atom. The summed E-state index contributed by atoms with van der Waals surface area (Å²) in [4.78, 5) is 12.0. The quantitative estimate of drug-likeness (QED) is 0.776. The monoisotopic (exact) mass is 401 g/mol. The molecule has 0 aromatic heterocycles. The predicted octanol–water partition coefficient (Wildman–Crippen LogP) is 4.94. The van der Waals surface area contributed by atoms with E-state index in [0.717, 1.165) is 25.7 Å². The topological polar surface area (TPSA) is 47.6 Å². The molecule has 1 aromatic carbocycles.